The maximum Gasteiger partial charge on any atom is 0.419 e. The zero-order valence-corrected chi connectivity index (χ0v) is 13.2. The molecule has 9 heteroatoms. The van der Waals surface area contributed by atoms with Crippen LogP contribution in [0, 0.1) is 5.82 Å². The Morgan fingerprint density at radius 2 is 1.96 bits per heavy atom. The number of amides is 1. The van der Waals surface area contributed by atoms with Crippen LogP contribution in [-0.2, 0) is 6.18 Å². The second-order valence-electron chi connectivity index (χ2n) is 4.83. The van der Waals surface area contributed by atoms with Gasteiger partial charge in [0.2, 0.25) is 0 Å². The van der Waals surface area contributed by atoms with Gasteiger partial charge in [0.05, 0.1) is 11.1 Å². The molecule has 124 valence electrons. The highest BCUT2D eigenvalue weighted by Crippen LogP contribution is 2.38. The zero-order valence-electron chi connectivity index (χ0n) is 11.6. The molecule has 0 aliphatic heterocycles. The molecule has 0 saturated carbocycles. The lowest BCUT2D eigenvalue weighted by Crippen LogP contribution is -2.13. The number of rotatable bonds is 2. The van der Waals surface area contributed by atoms with Crippen LogP contribution >= 0.6 is 15.9 Å². The van der Waals surface area contributed by atoms with Crippen molar-refractivity contribution in [2.24, 2.45) is 5.73 Å². The van der Waals surface area contributed by atoms with Crippen LogP contribution in [0.5, 0.6) is 0 Å². The van der Waals surface area contributed by atoms with E-state index in [1.807, 2.05) is 0 Å². The lowest BCUT2D eigenvalue weighted by atomic mass is 10.1. The topological polar surface area (TPSA) is 69.1 Å². The molecule has 0 atom stereocenters. The highest BCUT2D eigenvalue weighted by atomic mass is 79.9. The van der Waals surface area contributed by atoms with Crippen molar-refractivity contribution in [3.63, 3.8) is 0 Å². The Kier molecular flexibility index (Phi) is 3.83. The minimum Gasteiger partial charge on any atom is -0.453 e. The summed E-state index contributed by atoms with van der Waals surface area (Å²) in [5.41, 5.74) is 2.98. The molecule has 0 bridgehead atoms. The van der Waals surface area contributed by atoms with Crippen molar-refractivity contribution in [1.29, 1.82) is 0 Å². The number of benzene rings is 1. The number of furan rings is 1. The van der Waals surface area contributed by atoms with Crippen molar-refractivity contribution in [2.45, 2.75) is 6.18 Å². The van der Waals surface area contributed by atoms with Crippen LogP contribution in [0.3, 0.4) is 0 Å². The second-order valence-corrected chi connectivity index (χ2v) is 5.75. The van der Waals surface area contributed by atoms with E-state index in [1.54, 1.807) is 6.07 Å². The third-order valence-electron chi connectivity index (χ3n) is 3.31. The number of fused-ring (bicyclic) bond motifs is 1. The highest BCUT2D eigenvalue weighted by Gasteiger charge is 2.36. The zero-order chi connectivity index (χ0) is 17.6. The molecular weight excluding hydrogens is 396 g/mol. The summed E-state index contributed by atoms with van der Waals surface area (Å²) in [6.07, 6.45) is -4.13. The van der Waals surface area contributed by atoms with Gasteiger partial charge in [-0.25, -0.2) is 9.37 Å². The molecule has 24 heavy (non-hydrogen) atoms. The first-order valence-corrected chi connectivity index (χ1v) is 7.23. The molecule has 2 aromatic heterocycles. The van der Waals surface area contributed by atoms with E-state index in [4.69, 9.17) is 10.2 Å². The average molecular weight is 403 g/mol. The molecule has 0 unspecified atom stereocenters. The van der Waals surface area contributed by atoms with Gasteiger partial charge in [-0.15, -0.1) is 0 Å². The number of carbonyl (C=O) groups is 1. The first-order valence-electron chi connectivity index (χ1n) is 6.44. The van der Waals surface area contributed by atoms with E-state index in [9.17, 15) is 22.4 Å². The summed E-state index contributed by atoms with van der Waals surface area (Å²) in [5.74, 6) is -3.05. The molecule has 2 heterocycles. The largest absolute Gasteiger partial charge is 0.453 e. The van der Waals surface area contributed by atoms with Gasteiger partial charge in [-0.2, -0.15) is 13.2 Å². The predicted octanol–water partition coefficient (Wildman–Crippen LogP) is 4.51. The fraction of sp³-hybridized carbons (Fsp3) is 0.0667. The Morgan fingerprint density at radius 1 is 1.25 bits per heavy atom. The minimum absolute atomic E-state index is 0.159. The Labute approximate surface area is 140 Å². The van der Waals surface area contributed by atoms with Gasteiger partial charge in [0.15, 0.2) is 11.6 Å². The van der Waals surface area contributed by atoms with Crippen molar-refractivity contribution < 1.29 is 26.8 Å². The Balaban J connectivity index is 2.35. The molecular formula is C15H7BrF4N2O2. The lowest BCUT2D eigenvalue weighted by Gasteiger charge is -2.09. The van der Waals surface area contributed by atoms with Gasteiger partial charge in [0.1, 0.15) is 11.3 Å². The summed E-state index contributed by atoms with van der Waals surface area (Å²) < 4.78 is 58.9. The van der Waals surface area contributed by atoms with Crippen molar-refractivity contribution in [2.75, 3.05) is 0 Å². The summed E-state index contributed by atoms with van der Waals surface area (Å²) in [6.45, 7) is 0. The first kappa shape index (κ1) is 16.4. The number of alkyl halides is 3. The van der Waals surface area contributed by atoms with Crippen LogP contribution in [0.2, 0.25) is 0 Å². The molecule has 1 aromatic carbocycles. The highest BCUT2D eigenvalue weighted by molar-refractivity contribution is 9.10. The van der Waals surface area contributed by atoms with Crippen LogP contribution in [-0.4, -0.2) is 10.9 Å². The second kappa shape index (κ2) is 5.59. The molecule has 0 spiro atoms. The number of hydrogen-bond donors (Lipinski definition) is 1. The molecule has 3 aromatic rings. The number of aromatic nitrogens is 1. The van der Waals surface area contributed by atoms with Gasteiger partial charge in [-0.1, -0.05) is 15.9 Å². The Bertz CT molecular complexity index is 966. The summed E-state index contributed by atoms with van der Waals surface area (Å²) in [5, 5.41) is 0.249. The van der Waals surface area contributed by atoms with Crippen molar-refractivity contribution >= 4 is 32.8 Å². The maximum absolute atomic E-state index is 14.3. The summed E-state index contributed by atoms with van der Waals surface area (Å²) in [7, 11) is 0. The summed E-state index contributed by atoms with van der Waals surface area (Å²) in [4.78, 5) is 15.3. The number of nitrogens with zero attached hydrogens (tertiary/aromatic N) is 1. The van der Waals surface area contributed by atoms with Crippen LogP contribution in [0.15, 0.2) is 39.4 Å². The van der Waals surface area contributed by atoms with Gasteiger partial charge in [0, 0.05) is 16.1 Å². The molecule has 3 rings (SSSR count). The van der Waals surface area contributed by atoms with E-state index in [-0.39, 0.29) is 16.5 Å². The average Bonchev–Trinajstić information content (AvgIpc) is 2.84. The van der Waals surface area contributed by atoms with Crippen LogP contribution in [0.25, 0.3) is 22.4 Å². The minimum atomic E-state index is -4.91. The van der Waals surface area contributed by atoms with E-state index in [1.165, 1.54) is 12.1 Å². The van der Waals surface area contributed by atoms with Gasteiger partial charge in [0.25, 0.3) is 5.91 Å². The first-order chi connectivity index (χ1) is 11.2. The van der Waals surface area contributed by atoms with Gasteiger partial charge in [-0.05, 0) is 24.3 Å². The van der Waals surface area contributed by atoms with Crippen molar-refractivity contribution in [1.82, 2.24) is 4.98 Å². The van der Waals surface area contributed by atoms with Crippen LogP contribution < -0.4 is 5.73 Å². The molecule has 4 nitrogen and oxygen atoms in total. The van der Waals surface area contributed by atoms with E-state index in [0.29, 0.717) is 10.5 Å². The van der Waals surface area contributed by atoms with Gasteiger partial charge < -0.3 is 10.2 Å². The van der Waals surface area contributed by atoms with E-state index in [2.05, 4.69) is 20.9 Å². The molecule has 0 aliphatic rings. The summed E-state index contributed by atoms with van der Waals surface area (Å²) in [6, 6.07) is 5.06. The molecule has 1 amide bonds. The third kappa shape index (κ3) is 2.64. The number of pyridine rings is 1. The normalized spacial score (nSPS) is 11.9. The molecule has 0 saturated heterocycles. The van der Waals surface area contributed by atoms with Crippen LogP contribution in [0.1, 0.15) is 15.9 Å². The quantitative estimate of drug-likeness (QED) is 0.640. The Morgan fingerprint density at radius 3 is 2.58 bits per heavy atom. The standard InChI is InChI=1S/C15H7BrF4N2O2/c16-6-1-2-7-9(5-6)24-13(10(7)14(21)23)12-11(17)8(3-4-22-12)15(18,19)20/h1-5H,(H2,21,23). The smallest absolute Gasteiger partial charge is 0.419 e. The monoisotopic (exact) mass is 402 g/mol. The lowest BCUT2D eigenvalue weighted by molar-refractivity contribution is -0.140. The number of nitrogens with two attached hydrogens (primary N) is 1. The molecule has 0 aliphatic carbocycles. The summed E-state index contributed by atoms with van der Waals surface area (Å²) >= 11 is 3.20. The number of hydrogen-bond acceptors (Lipinski definition) is 3. The van der Waals surface area contributed by atoms with Crippen LogP contribution in [0.4, 0.5) is 17.6 Å². The van der Waals surface area contributed by atoms with E-state index in [0.717, 1.165) is 6.20 Å². The van der Waals surface area contributed by atoms with Crippen molar-refractivity contribution in [3.05, 3.63) is 51.9 Å². The van der Waals surface area contributed by atoms with E-state index < -0.39 is 34.9 Å². The number of primary amides is 1. The van der Waals surface area contributed by atoms with E-state index >= 15 is 0 Å². The van der Waals surface area contributed by atoms with Gasteiger partial charge >= 0.3 is 6.18 Å². The SMILES string of the molecule is NC(=O)c1c(-c2nccc(C(F)(F)F)c2F)oc2cc(Br)ccc12. The molecule has 2 N–H and O–H groups in total. The van der Waals surface area contributed by atoms with Crippen molar-refractivity contribution in [3.8, 4) is 11.5 Å². The number of carbonyl (C=O) groups excluding carboxylic acids is 1. The maximum atomic E-state index is 14.3. The Hall–Kier alpha value is -2.42. The predicted molar refractivity (Wildman–Crippen MR) is 80.6 cm³/mol. The fourth-order valence-corrected chi connectivity index (χ4v) is 2.64. The third-order valence-corrected chi connectivity index (χ3v) is 3.80. The van der Waals surface area contributed by atoms with Gasteiger partial charge in [-0.3, -0.25) is 4.79 Å². The molecule has 0 fully saturated rings. The molecule has 0 radical (unpaired) electrons. The number of halogens is 5. The fourth-order valence-electron chi connectivity index (χ4n) is 2.30.